The average Bonchev–Trinajstić information content (AvgIpc) is 3.45. The molecule has 0 radical (unpaired) electrons. The second-order valence-electron chi connectivity index (χ2n) is 11.3. The van der Waals surface area contributed by atoms with Crippen molar-refractivity contribution >= 4 is 5.78 Å². The second-order valence-corrected chi connectivity index (χ2v) is 11.3. The molecule has 4 heteroatoms. The third-order valence-electron chi connectivity index (χ3n) is 8.34. The van der Waals surface area contributed by atoms with Gasteiger partial charge in [0.05, 0.1) is 0 Å². The standard InChI is InChI=1S/C36H42N2O2/c1-3-38-22-6-10-33(38)18-19-36(39)32-9-5-11-35(26-32)40-34-20-23-37(24-21-34)27-31-8-4-7-30(25-31)17-16-29-14-12-28(2)13-15-29/h4-5,7-9,11-15,25-26,33-34H,3,6,10,18-24,27H2,1-2H3. The van der Waals surface area contributed by atoms with Crippen LogP contribution in [-0.2, 0) is 6.54 Å². The number of Topliss-reactive ketones (excluding diaryl/α,β-unsaturated/α-hetero) is 1. The van der Waals surface area contributed by atoms with Crippen molar-refractivity contribution in [2.75, 3.05) is 26.2 Å². The molecule has 2 saturated heterocycles. The minimum Gasteiger partial charge on any atom is -0.490 e. The molecule has 2 heterocycles. The molecule has 1 unspecified atom stereocenters. The highest BCUT2D eigenvalue weighted by molar-refractivity contribution is 5.96. The van der Waals surface area contributed by atoms with Crippen LogP contribution in [0, 0.1) is 18.8 Å². The summed E-state index contributed by atoms with van der Waals surface area (Å²) >= 11 is 0. The van der Waals surface area contributed by atoms with E-state index in [1.165, 1.54) is 30.5 Å². The van der Waals surface area contributed by atoms with Crippen molar-refractivity contribution in [1.29, 1.82) is 0 Å². The van der Waals surface area contributed by atoms with E-state index in [9.17, 15) is 4.79 Å². The third kappa shape index (κ3) is 7.84. The van der Waals surface area contributed by atoms with E-state index in [4.69, 9.17) is 4.74 Å². The molecule has 0 N–H and O–H groups in total. The van der Waals surface area contributed by atoms with Crippen LogP contribution in [-0.4, -0.2) is 53.9 Å². The number of hydrogen-bond donors (Lipinski definition) is 0. The summed E-state index contributed by atoms with van der Waals surface area (Å²) < 4.78 is 6.35. The molecule has 2 fully saturated rings. The summed E-state index contributed by atoms with van der Waals surface area (Å²) in [6.07, 6.45) is 6.20. The molecule has 0 spiro atoms. The summed E-state index contributed by atoms with van der Waals surface area (Å²) in [5.74, 6) is 7.65. The minimum absolute atomic E-state index is 0.185. The summed E-state index contributed by atoms with van der Waals surface area (Å²) in [5, 5.41) is 0. The Hall–Kier alpha value is -3.39. The second kappa shape index (κ2) is 13.8. The Labute approximate surface area is 240 Å². The van der Waals surface area contributed by atoms with Crippen molar-refractivity contribution in [3.63, 3.8) is 0 Å². The van der Waals surface area contributed by atoms with Gasteiger partial charge in [-0.3, -0.25) is 9.69 Å². The lowest BCUT2D eigenvalue weighted by Gasteiger charge is -2.32. The van der Waals surface area contributed by atoms with Crippen LogP contribution in [0.1, 0.15) is 78.1 Å². The molecule has 2 aliphatic heterocycles. The molecule has 208 valence electrons. The largest absolute Gasteiger partial charge is 0.490 e. The van der Waals surface area contributed by atoms with Crippen molar-refractivity contribution in [3.05, 3.63) is 101 Å². The number of ketones is 1. The Morgan fingerprint density at radius 3 is 2.48 bits per heavy atom. The van der Waals surface area contributed by atoms with Crippen molar-refractivity contribution < 1.29 is 9.53 Å². The van der Waals surface area contributed by atoms with Gasteiger partial charge in [-0.15, -0.1) is 0 Å². The molecule has 0 saturated carbocycles. The Kier molecular flexibility index (Phi) is 9.71. The molecule has 3 aromatic rings. The zero-order valence-electron chi connectivity index (χ0n) is 24.1. The quantitative estimate of drug-likeness (QED) is 0.221. The van der Waals surface area contributed by atoms with Crippen molar-refractivity contribution in [1.82, 2.24) is 9.80 Å². The van der Waals surface area contributed by atoms with E-state index in [2.05, 4.69) is 84.0 Å². The number of carbonyl (C=O) groups excluding carboxylic acids is 1. The van der Waals surface area contributed by atoms with E-state index in [0.29, 0.717) is 12.5 Å². The highest BCUT2D eigenvalue weighted by Gasteiger charge is 2.24. The van der Waals surface area contributed by atoms with Crippen LogP contribution in [0.4, 0.5) is 0 Å². The predicted octanol–water partition coefficient (Wildman–Crippen LogP) is 6.89. The van der Waals surface area contributed by atoms with Crippen LogP contribution in [0.5, 0.6) is 5.75 Å². The summed E-state index contributed by atoms with van der Waals surface area (Å²) in [5.41, 5.74) is 5.41. The summed E-state index contributed by atoms with van der Waals surface area (Å²) in [7, 11) is 0. The smallest absolute Gasteiger partial charge is 0.163 e. The fourth-order valence-corrected chi connectivity index (χ4v) is 5.99. The number of piperidine rings is 1. The van der Waals surface area contributed by atoms with Gasteiger partial charge in [0.15, 0.2) is 5.78 Å². The minimum atomic E-state index is 0.185. The van der Waals surface area contributed by atoms with Gasteiger partial charge in [-0.05, 0) is 94.1 Å². The maximum atomic E-state index is 12.9. The molecule has 40 heavy (non-hydrogen) atoms. The monoisotopic (exact) mass is 534 g/mol. The Morgan fingerprint density at radius 2 is 1.68 bits per heavy atom. The lowest BCUT2D eigenvalue weighted by atomic mass is 10.0. The van der Waals surface area contributed by atoms with Gasteiger partial charge in [0.2, 0.25) is 0 Å². The molecule has 1 atom stereocenters. The summed E-state index contributed by atoms with van der Waals surface area (Å²) in [6.45, 7) is 9.48. The van der Waals surface area contributed by atoms with E-state index in [1.54, 1.807) is 0 Å². The van der Waals surface area contributed by atoms with E-state index >= 15 is 0 Å². The van der Waals surface area contributed by atoms with Crippen LogP contribution in [0.2, 0.25) is 0 Å². The first-order chi connectivity index (χ1) is 19.6. The first-order valence-electron chi connectivity index (χ1n) is 15.0. The number of aryl methyl sites for hydroxylation is 1. The summed E-state index contributed by atoms with van der Waals surface area (Å²) in [4.78, 5) is 17.9. The molecule has 0 aliphatic carbocycles. The molecule has 0 bridgehead atoms. The number of rotatable bonds is 9. The molecular formula is C36H42N2O2. The zero-order valence-corrected chi connectivity index (χ0v) is 24.1. The number of nitrogens with zero attached hydrogens (tertiary/aromatic N) is 2. The molecule has 3 aromatic carbocycles. The van der Waals surface area contributed by atoms with Gasteiger partial charge < -0.3 is 9.64 Å². The fourth-order valence-electron chi connectivity index (χ4n) is 5.99. The van der Waals surface area contributed by atoms with Crippen molar-refractivity contribution in [3.8, 4) is 17.6 Å². The highest BCUT2D eigenvalue weighted by Crippen LogP contribution is 2.24. The van der Waals surface area contributed by atoms with Gasteiger partial charge in [0, 0.05) is 48.8 Å². The van der Waals surface area contributed by atoms with Gasteiger partial charge in [0.1, 0.15) is 11.9 Å². The third-order valence-corrected chi connectivity index (χ3v) is 8.34. The number of likely N-dealkylation sites (tertiary alicyclic amines) is 2. The van der Waals surface area contributed by atoms with E-state index in [-0.39, 0.29) is 11.9 Å². The number of carbonyl (C=O) groups is 1. The average molecular weight is 535 g/mol. The topological polar surface area (TPSA) is 32.8 Å². The Morgan fingerprint density at radius 1 is 0.900 bits per heavy atom. The molecule has 4 nitrogen and oxygen atoms in total. The van der Waals surface area contributed by atoms with Gasteiger partial charge >= 0.3 is 0 Å². The molecular weight excluding hydrogens is 492 g/mol. The van der Waals surface area contributed by atoms with Crippen molar-refractivity contribution in [2.45, 2.75) is 71.1 Å². The van der Waals surface area contributed by atoms with Crippen LogP contribution < -0.4 is 4.74 Å². The Bertz CT molecular complexity index is 1330. The molecule has 0 amide bonds. The normalized spacial score (nSPS) is 18.3. The maximum absolute atomic E-state index is 12.9. The highest BCUT2D eigenvalue weighted by atomic mass is 16.5. The Balaban J connectivity index is 1.09. The van der Waals surface area contributed by atoms with Gasteiger partial charge in [0.25, 0.3) is 0 Å². The molecule has 5 rings (SSSR count). The fraction of sp³-hybridized carbons (Fsp3) is 0.417. The maximum Gasteiger partial charge on any atom is 0.163 e. The summed E-state index contributed by atoms with van der Waals surface area (Å²) in [6, 6.07) is 25.3. The van der Waals surface area contributed by atoms with Crippen LogP contribution >= 0.6 is 0 Å². The van der Waals surface area contributed by atoms with Gasteiger partial charge in [-0.25, -0.2) is 0 Å². The molecule has 0 aromatic heterocycles. The number of hydrogen-bond acceptors (Lipinski definition) is 4. The van der Waals surface area contributed by atoms with E-state index in [1.807, 2.05) is 24.3 Å². The first kappa shape index (κ1) is 28.1. The van der Waals surface area contributed by atoms with Gasteiger partial charge in [-0.1, -0.05) is 60.7 Å². The van der Waals surface area contributed by atoms with E-state index in [0.717, 1.165) is 67.9 Å². The SMILES string of the molecule is CCN1CCCC1CCC(=O)c1cccc(OC2CCN(Cc3cccc(C#Cc4ccc(C)cc4)c3)CC2)c1. The van der Waals surface area contributed by atoms with Crippen LogP contribution in [0.15, 0.2) is 72.8 Å². The predicted molar refractivity (Wildman–Crippen MR) is 163 cm³/mol. The van der Waals surface area contributed by atoms with Crippen molar-refractivity contribution in [2.24, 2.45) is 0 Å². The van der Waals surface area contributed by atoms with Crippen LogP contribution in [0.3, 0.4) is 0 Å². The van der Waals surface area contributed by atoms with Gasteiger partial charge in [-0.2, -0.15) is 0 Å². The number of ether oxygens (including phenoxy) is 1. The zero-order chi connectivity index (χ0) is 27.7. The van der Waals surface area contributed by atoms with Crippen LogP contribution in [0.25, 0.3) is 0 Å². The lowest BCUT2D eigenvalue weighted by Crippen LogP contribution is -2.37. The first-order valence-corrected chi connectivity index (χ1v) is 15.0. The number of benzene rings is 3. The van der Waals surface area contributed by atoms with E-state index < -0.39 is 0 Å². The lowest BCUT2D eigenvalue weighted by molar-refractivity contribution is 0.0945. The molecule has 2 aliphatic rings.